The number of nitrogens with one attached hydrogen (secondary N) is 1. The number of hydrogen-bond acceptors (Lipinski definition) is 6. The van der Waals surface area contributed by atoms with E-state index in [4.69, 9.17) is 9.47 Å². The molecule has 0 radical (unpaired) electrons. The standard InChI is InChI=1S/C10H16N4O2/c1-4-5-6-7-16-10-13-8(11-2)12-9(14-10)15-3/h4H,1,5-7H2,2-3H3,(H,11,12,13,14). The minimum Gasteiger partial charge on any atom is -0.467 e. The molecule has 6 heteroatoms. The van der Waals surface area contributed by atoms with Gasteiger partial charge in [0.05, 0.1) is 13.7 Å². The number of hydrogen-bond donors (Lipinski definition) is 1. The van der Waals surface area contributed by atoms with Gasteiger partial charge >= 0.3 is 12.0 Å². The summed E-state index contributed by atoms with van der Waals surface area (Å²) in [6, 6.07) is 0.498. The van der Waals surface area contributed by atoms with Crippen LogP contribution in [0.1, 0.15) is 12.8 Å². The molecule has 0 bridgehead atoms. The number of aromatic nitrogens is 3. The molecule has 0 aliphatic carbocycles. The highest BCUT2D eigenvalue weighted by Gasteiger charge is 2.06. The average Bonchev–Trinajstić information content (AvgIpc) is 2.34. The van der Waals surface area contributed by atoms with Gasteiger partial charge in [0.1, 0.15) is 0 Å². The fourth-order valence-electron chi connectivity index (χ4n) is 0.997. The summed E-state index contributed by atoms with van der Waals surface area (Å²) in [6.45, 7) is 4.18. The number of nitrogens with zero attached hydrogens (tertiary/aromatic N) is 3. The Bertz CT molecular complexity index is 321. The van der Waals surface area contributed by atoms with Crippen molar-refractivity contribution in [3.05, 3.63) is 12.7 Å². The van der Waals surface area contributed by atoms with E-state index in [1.807, 2.05) is 6.08 Å². The van der Waals surface area contributed by atoms with Crippen LogP contribution < -0.4 is 14.8 Å². The summed E-state index contributed by atoms with van der Waals surface area (Å²) in [5, 5.41) is 2.81. The van der Waals surface area contributed by atoms with Crippen LogP contribution in [0.3, 0.4) is 0 Å². The molecule has 0 saturated heterocycles. The van der Waals surface area contributed by atoms with Gasteiger partial charge in [0, 0.05) is 7.05 Å². The van der Waals surface area contributed by atoms with Crippen molar-refractivity contribution in [3.63, 3.8) is 0 Å². The van der Waals surface area contributed by atoms with Crippen molar-refractivity contribution < 1.29 is 9.47 Å². The average molecular weight is 224 g/mol. The van der Waals surface area contributed by atoms with Gasteiger partial charge in [0.15, 0.2) is 0 Å². The van der Waals surface area contributed by atoms with Gasteiger partial charge in [-0.3, -0.25) is 0 Å². The van der Waals surface area contributed by atoms with Gasteiger partial charge in [-0.2, -0.15) is 9.97 Å². The molecule has 1 N–H and O–H groups in total. The van der Waals surface area contributed by atoms with Crippen molar-refractivity contribution in [3.8, 4) is 12.0 Å². The molecule has 0 spiro atoms. The van der Waals surface area contributed by atoms with Gasteiger partial charge in [-0.1, -0.05) is 6.08 Å². The van der Waals surface area contributed by atoms with Crippen LogP contribution in [0.25, 0.3) is 0 Å². The molecule has 1 heterocycles. The highest BCUT2D eigenvalue weighted by molar-refractivity contribution is 5.26. The Kier molecular flexibility index (Phi) is 5.04. The van der Waals surface area contributed by atoms with E-state index in [1.165, 1.54) is 7.11 Å². The van der Waals surface area contributed by atoms with Crippen molar-refractivity contribution in [2.45, 2.75) is 12.8 Å². The van der Waals surface area contributed by atoms with E-state index in [0.717, 1.165) is 12.8 Å². The molecular weight excluding hydrogens is 208 g/mol. The maximum Gasteiger partial charge on any atom is 0.324 e. The summed E-state index contributed by atoms with van der Waals surface area (Å²) in [5.74, 6) is 0.422. The first-order chi connectivity index (χ1) is 7.80. The monoisotopic (exact) mass is 224 g/mol. The molecule has 6 nitrogen and oxygen atoms in total. The first kappa shape index (κ1) is 12.2. The van der Waals surface area contributed by atoms with Crippen LogP contribution >= 0.6 is 0 Å². The molecule has 1 aromatic rings. The molecule has 0 atom stereocenters. The van der Waals surface area contributed by atoms with Crippen LogP contribution in [-0.2, 0) is 0 Å². The van der Waals surface area contributed by atoms with E-state index < -0.39 is 0 Å². The molecule has 0 aliphatic rings. The molecular formula is C10H16N4O2. The molecule has 0 saturated carbocycles. The second-order valence-electron chi connectivity index (χ2n) is 2.96. The second-order valence-corrected chi connectivity index (χ2v) is 2.96. The van der Waals surface area contributed by atoms with Gasteiger partial charge in [0.2, 0.25) is 5.95 Å². The lowest BCUT2D eigenvalue weighted by molar-refractivity contribution is 0.277. The summed E-state index contributed by atoms with van der Waals surface area (Å²) in [4.78, 5) is 12.0. The van der Waals surface area contributed by atoms with Crippen molar-refractivity contribution in [2.24, 2.45) is 0 Å². The molecule has 16 heavy (non-hydrogen) atoms. The van der Waals surface area contributed by atoms with E-state index in [-0.39, 0.29) is 12.0 Å². The third-order valence-electron chi connectivity index (χ3n) is 1.78. The Morgan fingerprint density at radius 1 is 1.31 bits per heavy atom. The lowest BCUT2D eigenvalue weighted by Gasteiger charge is -2.06. The summed E-state index contributed by atoms with van der Waals surface area (Å²) in [6.07, 6.45) is 3.63. The SMILES string of the molecule is C=CCCCOc1nc(NC)nc(OC)n1. The highest BCUT2D eigenvalue weighted by atomic mass is 16.5. The van der Waals surface area contributed by atoms with Crippen molar-refractivity contribution in [1.82, 2.24) is 15.0 Å². The van der Waals surface area contributed by atoms with Crippen LogP contribution in [0.4, 0.5) is 5.95 Å². The third-order valence-corrected chi connectivity index (χ3v) is 1.78. The number of anilines is 1. The second kappa shape index (κ2) is 6.60. The van der Waals surface area contributed by atoms with E-state index >= 15 is 0 Å². The molecule has 1 rings (SSSR count). The number of allylic oxidation sites excluding steroid dienone is 1. The number of rotatable bonds is 7. The molecule has 0 aliphatic heterocycles. The normalized spacial score (nSPS) is 9.62. The molecule has 0 fully saturated rings. The van der Waals surface area contributed by atoms with Gasteiger partial charge in [-0.25, -0.2) is 0 Å². The van der Waals surface area contributed by atoms with E-state index in [9.17, 15) is 0 Å². The van der Waals surface area contributed by atoms with Gasteiger partial charge < -0.3 is 14.8 Å². The lowest BCUT2D eigenvalue weighted by Crippen LogP contribution is -2.06. The largest absolute Gasteiger partial charge is 0.467 e. The van der Waals surface area contributed by atoms with Crippen LogP contribution in [0.15, 0.2) is 12.7 Å². The Hall–Kier alpha value is -1.85. The topological polar surface area (TPSA) is 69.2 Å². The minimum absolute atomic E-state index is 0.234. The van der Waals surface area contributed by atoms with Crippen LogP contribution in [0.2, 0.25) is 0 Å². The van der Waals surface area contributed by atoms with Crippen molar-refractivity contribution in [2.75, 3.05) is 26.1 Å². The lowest BCUT2D eigenvalue weighted by atomic mass is 10.3. The van der Waals surface area contributed by atoms with Gasteiger partial charge in [-0.05, 0) is 12.8 Å². The zero-order valence-corrected chi connectivity index (χ0v) is 9.56. The van der Waals surface area contributed by atoms with E-state index in [2.05, 4.69) is 26.8 Å². The van der Waals surface area contributed by atoms with E-state index in [1.54, 1.807) is 7.05 Å². The Morgan fingerprint density at radius 3 is 2.69 bits per heavy atom. The smallest absolute Gasteiger partial charge is 0.324 e. The maximum absolute atomic E-state index is 5.36. The van der Waals surface area contributed by atoms with Crippen molar-refractivity contribution >= 4 is 5.95 Å². The fourth-order valence-corrected chi connectivity index (χ4v) is 0.997. The third kappa shape index (κ3) is 3.72. The van der Waals surface area contributed by atoms with Crippen LogP contribution in [-0.4, -0.2) is 35.7 Å². The molecule has 0 amide bonds. The number of methoxy groups -OCH3 is 1. The van der Waals surface area contributed by atoms with Crippen LogP contribution in [0, 0.1) is 0 Å². The zero-order valence-electron chi connectivity index (χ0n) is 9.56. The summed E-state index contributed by atoms with van der Waals surface area (Å²) < 4.78 is 10.3. The predicted molar refractivity (Wildman–Crippen MR) is 60.9 cm³/mol. The van der Waals surface area contributed by atoms with E-state index in [0.29, 0.717) is 12.6 Å². The predicted octanol–water partition coefficient (Wildman–Crippen LogP) is 1.27. The highest BCUT2D eigenvalue weighted by Crippen LogP contribution is 2.12. The van der Waals surface area contributed by atoms with Gasteiger partial charge in [-0.15, -0.1) is 11.6 Å². The molecule has 1 aromatic heterocycles. The quantitative estimate of drug-likeness (QED) is 0.555. The summed E-state index contributed by atoms with van der Waals surface area (Å²) in [7, 11) is 3.21. The number of ether oxygens (including phenoxy) is 2. The van der Waals surface area contributed by atoms with Crippen molar-refractivity contribution in [1.29, 1.82) is 0 Å². The molecule has 0 aromatic carbocycles. The van der Waals surface area contributed by atoms with Gasteiger partial charge in [0.25, 0.3) is 0 Å². The zero-order chi connectivity index (χ0) is 11.8. The first-order valence-corrected chi connectivity index (χ1v) is 5.01. The summed E-state index contributed by atoms with van der Waals surface area (Å²) >= 11 is 0. The molecule has 0 unspecified atom stereocenters. The Morgan fingerprint density at radius 2 is 2.06 bits per heavy atom. The maximum atomic E-state index is 5.36. The van der Waals surface area contributed by atoms with Crippen LogP contribution in [0.5, 0.6) is 12.0 Å². The number of unbranched alkanes of at least 4 members (excludes halogenated alkanes) is 1. The first-order valence-electron chi connectivity index (χ1n) is 5.01. The Balaban J connectivity index is 2.60. The molecule has 88 valence electrons. The minimum atomic E-state index is 0.234. The Labute approximate surface area is 94.7 Å². The summed E-state index contributed by atoms with van der Waals surface area (Å²) in [5.41, 5.74) is 0. The fraction of sp³-hybridized carbons (Fsp3) is 0.500.